The molecule has 1 aromatic heterocycles. The maximum Gasteiger partial charge on any atom is 1.00 e. The van der Waals surface area contributed by atoms with E-state index >= 15 is 0 Å². The van der Waals surface area contributed by atoms with Crippen molar-refractivity contribution in [2.45, 2.75) is 11.8 Å². The number of benzene rings is 1. The Morgan fingerprint density at radius 1 is 1.20 bits per heavy atom. The van der Waals surface area contributed by atoms with Crippen molar-refractivity contribution < 1.29 is 34.7 Å². The number of nitrogens with zero attached hydrogens (tertiary/aromatic N) is 1. The third-order valence-corrected chi connectivity index (χ3v) is 2.94. The van der Waals surface area contributed by atoms with Crippen LogP contribution in [0, 0.1) is 6.92 Å². The molecule has 0 bridgehead atoms. The van der Waals surface area contributed by atoms with Gasteiger partial charge < -0.3 is 5.11 Å². The number of aryl methyl sites for hydroxylation is 1. The summed E-state index contributed by atoms with van der Waals surface area (Å²) in [7, 11) is 0. The van der Waals surface area contributed by atoms with Crippen LogP contribution in [0.1, 0.15) is 5.69 Å². The third-order valence-electron chi connectivity index (χ3n) is 2.14. The van der Waals surface area contributed by atoms with Gasteiger partial charge in [0, 0.05) is 16.0 Å². The first-order chi connectivity index (χ1) is 6.72. The van der Waals surface area contributed by atoms with Crippen LogP contribution in [0.2, 0.25) is 0 Å². The molecule has 4 heteroatoms. The van der Waals surface area contributed by atoms with Crippen molar-refractivity contribution in [3.63, 3.8) is 0 Å². The fraction of sp³-hybridized carbons (Fsp3) is 0.182. The Morgan fingerprint density at radius 2 is 1.93 bits per heavy atom. The van der Waals surface area contributed by atoms with Crippen LogP contribution < -0.4 is 34.7 Å². The Bertz CT molecular complexity index is 487. The van der Waals surface area contributed by atoms with Crippen molar-refractivity contribution in [1.29, 1.82) is 0 Å². The molecule has 72 valence electrons. The maximum absolute atomic E-state index is 11.5. The van der Waals surface area contributed by atoms with Crippen molar-refractivity contribution in [2.24, 2.45) is 0 Å². The van der Waals surface area contributed by atoms with Gasteiger partial charge in [-0.3, -0.25) is 4.98 Å². The zero-order valence-electron chi connectivity index (χ0n) is 9.07. The van der Waals surface area contributed by atoms with E-state index in [1.807, 2.05) is 31.4 Å². The standard InChI is InChI=1S/C11H11NOS.Na/c1-7-3-4-8-10(14-2)6-5-9(13)11(8)12-7;/h3-6,13H,1-2H3;/q;+1/p-1. The molecule has 0 radical (unpaired) electrons. The van der Waals surface area contributed by atoms with E-state index in [1.165, 1.54) is 0 Å². The number of fused-ring (bicyclic) bond motifs is 1. The average Bonchev–Trinajstić information content (AvgIpc) is 2.19. The minimum Gasteiger partial charge on any atom is -0.871 e. The number of hydrogen-bond acceptors (Lipinski definition) is 3. The quantitative estimate of drug-likeness (QED) is 0.479. The van der Waals surface area contributed by atoms with Crippen molar-refractivity contribution >= 4 is 22.7 Å². The van der Waals surface area contributed by atoms with E-state index in [9.17, 15) is 5.11 Å². The fourth-order valence-corrected chi connectivity index (χ4v) is 2.03. The second kappa shape index (κ2) is 5.21. The van der Waals surface area contributed by atoms with Gasteiger partial charge in [-0.25, -0.2) is 0 Å². The van der Waals surface area contributed by atoms with E-state index in [-0.39, 0.29) is 35.3 Å². The van der Waals surface area contributed by atoms with Crippen LogP contribution in [0.5, 0.6) is 5.75 Å². The van der Waals surface area contributed by atoms with Crippen LogP contribution >= 0.6 is 11.8 Å². The van der Waals surface area contributed by atoms with Gasteiger partial charge in [-0.2, -0.15) is 0 Å². The van der Waals surface area contributed by atoms with Gasteiger partial charge in [0.1, 0.15) is 0 Å². The Labute approximate surface area is 115 Å². The number of pyridine rings is 1. The predicted molar refractivity (Wildman–Crippen MR) is 57.7 cm³/mol. The second-order valence-electron chi connectivity index (χ2n) is 3.11. The first kappa shape index (κ1) is 12.8. The summed E-state index contributed by atoms with van der Waals surface area (Å²) in [6.45, 7) is 1.89. The van der Waals surface area contributed by atoms with E-state index in [0.29, 0.717) is 5.52 Å². The number of aromatic nitrogens is 1. The van der Waals surface area contributed by atoms with Gasteiger partial charge in [0.05, 0.1) is 5.52 Å². The number of hydrogen-bond donors (Lipinski definition) is 0. The summed E-state index contributed by atoms with van der Waals surface area (Å²) in [5, 5.41) is 12.5. The SMILES string of the molecule is CSc1ccc([O-])c2nc(C)ccc12.[Na+]. The van der Waals surface area contributed by atoms with Crippen LogP contribution in [0.3, 0.4) is 0 Å². The molecule has 2 rings (SSSR count). The van der Waals surface area contributed by atoms with Crippen LogP contribution in [0.4, 0.5) is 0 Å². The Kier molecular flexibility index (Phi) is 4.46. The van der Waals surface area contributed by atoms with Gasteiger partial charge in [-0.05, 0) is 31.4 Å². The zero-order chi connectivity index (χ0) is 10.1. The molecule has 0 unspecified atom stereocenters. The summed E-state index contributed by atoms with van der Waals surface area (Å²) in [5.41, 5.74) is 1.46. The molecule has 0 aliphatic rings. The summed E-state index contributed by atoms with van der Waals surface area (Å²) in [6, 6.07) is 7.33. The largest absolute Gasteiger partial charge is 1.00 e. The summed E-state index contributed by atoms with van der Waals surface area (Å²) < 4.78 is 0. The molecule has 0 saturated carbocycles. The molecule has 0 fully saturated rings. The topological polar surface area (TPSA) is 36.0 Å². The summed E-state index contributed by atoms with van der Waals surface area (Å²) in [5.74, 6) is 0.00139. The predicted octanol–water partition coefficient (Wildman–Crippen LogP) is -0.657. The summed E-state index contributed by atoms with van der Waals surface area (Å²) in [6.07, 6.45) is 2.00. The van der Waals surface area contributed by atoms with Crippen molar-refractivity contribution in [2.75, 3.05) is 6.26 Å². The Morgan fingerprint density at radius 3 is 2.60 bits per heavy atom. The molecule has 0 atom stereocenters. The van der Waals surface area contributed by atoms with E-state index in [1.54, 1.807) is 17.8 Å². The average molecular weight is 227 g/mol. The monoisotopic (exact) mass is 227 g/mol. The van der Waals surface area contributed by atoms with Gasteiger partial charge in [-0.1, -0.05) is 11.8 Å². The van der Waals surface area contributed by atoms with Gasteiger partial charge >= 0.3 is 29.6 Å². The van der Waals surface area contributed by atoms with Gasteiger partial charge in [0.25, 0.3) is 0 Å². The molecular formula is C11H10NNaOS. The minimum atomic E-state index is 0. The normalized spacial score (nSPS) is 10.0. The van der Waals surface area contributed by atoms with Crippen LogP contribution in [-0.4, -0.2) is 11.2 Å². The zero-order valence-corrected chi connectivity index (χ0v) is 11.9. The van der Waals surface area contributed by atoms with Crippen molar-refractivity contribution in [3.05, 3.63) is 30.0 Å². The van der Waals surface area contributed by atoms with Gasteiger partial charge in [0.15, 0.2) is 0 Å². The minimum absolute atomic E-state index is 0. The molecule has 0 N–H and O–H groups in total. The second-order valence-corrected chi connectivity index (χ2v) is 3.96. The number of rotatable bonds is 1. The van der Waals surface area contributed by atoms with E-state index in [2.05, 4.69) is 4.98 Å². The summed E-state index contributed by atoms with van der Waals surface area (Å²) >= 11 is 1.63. The molecule has 0 saturated heterocycles. The molecule has 0 aliphatic heterocycles. The van der Waals surface area contributed by atoms with Gasteiger partial charge in [0.2, 0.25) is 0 Å². The summed E-state index contributed by atoms with van der Waals surface area (Å²) in [4.78, 5) is 5.36. The smallest absolute Gasteiger partial charge is 0.871 e. The van der Waals surface area contributed by atoms with E-state index in [4.69, 9.17) is 0 Å². The first-order valence-corrected chi connectivity index (χ1v) is 5.56. The Balaban J connectivity index is 0.00000112. The molecule has 0 aliphatic carbocycles. The van der Waals surface area contributed by atoms with Crippen LogP contribution in [0.25, 0.3) is 10.9 Å². The molecule has 2 aromatic rings. The molecule has 0 amide bonds. The van der Waals surface area contributed by atoms with E-state index < -0.39 is 0 Å². The first-order valence-electron chi connectivity index (χ1n) is 4.34. The Hall–Kier alpha value is -0.220. The van der Waals surface area contributed by atoms with Crippen molar-refractivity contribution in [3.8, 4) is 5.75 Å². The van der Waals surface area contributed by atoms with Crippen LogP contribution in [-0.2, 0) is 0 Å². The molecular weight excluding hydrogens is 217 g/mol. The van der Waals surface area contributed by atoms with Crippen molar-refractivity contribution in [1.82, 2.24) is 4.98 Å². The number of thioether (sulfide) groups is 1. The maximum atomic E-state index is 11.5. The molecule has 1 aromatic carbocycles. The van der Waals surface area contributed by atoms with Gasteiger partial charge in [-0.15, -0.1) is 11.8 Å². The molecule has 15 heavy (non-hydrogen) atoms. The van der Waals surface area contributed by atoms with E-state index in [0.717, 1.165) is 16.0 Å². The third kappa shape index (κ3) is 2.48. The molecule has 2 nitrogen and oxygen atoms in total. The molecule has 1 heterocycles. The van der Waals surface area contributed by atoms with Crippen LogP contribution in [0.15, 0.2) is 29.2 Å². The molecule has 0 spiro atoms. The fourth-order valence-electron chi connectivity index (χ4n) is 1.44.